The lowest BCUT2D eigenvalue weighted by Crippen LogP contribution is -2.26. The highest BCUT2D eigenvalue weighted by Crippen LogP contribution is 2.22. The Bertz CT molecular complexity index is 706. The monoisotopic (exact) mass is 305 g/mol. The topological polar surface area (TPSA) is 31.2 Å². The molecular formula is C17H17F2NO2. The summed E-state index contributed by atoms with van der Waals surface area (Å²) in [6, 6.07) is 10.3. The molecule has 0 unspecified atom stereocenters. The van der Waals surface area contributed by atoms with Gasteiger partial charge in [0.25, 0.3) is 12.0 Å². The number of hydrogen-bond acceptors (Lipinski definition) is 2. The Labute approximate surface area is 127 Å². The number of rotatable bonds is 6. The Morgan fingerprint density at radius 1 is 1.23 bits per heavy atom. The van der Waals surface area contributed by atoms with Gasteiger partial charge in [0, 0.05) is 5.56 Å². The molecule has 0 spiro atoms. The van der Waals surface area contributed by atoms with Crippen LogP contribution in [0.5, 0.6) is 5.75 Å². The van der Waals surface area contributed by atoms with Crippen molar-refractivity contribution >= 4 is 0 Å². The molecule has 1 aromatic carbocycles. The molecule has 22 heavy (non-hydrogen) atoms. The molecule has 0 N–H and O–H groups in total. The Kier molecular flexibility index (Phi) is 5.09. The Morgan fingerprint density at radius 2 is 1.91 bits per heavy atom. The van der Waals surface area contributed by atoms with Gasteiger partial charge in [-0.2, -0.15) is 0 Å². The zero-order valence-corrected chi connectivity index (χ0v) is 12.3. The first-order valence-electron chi connectivity index (χ1n) is 6.85. The van der Waals surface area contributed by atoms with E-state index >= 15 is 0 Å². The summed E-state index contributed by atoms with van der Waals surface area (Å²) in [4.78, 5) is 12.1. The first kappa shape index (κ1) is 15.9. The summed E-state index contributed by atoms with van der Waals surface area (Å²) >= 11 is 0. The number of nitrogens with zero attached hydrogens (tertiary/aromatic N) is 1. The van der Waals surface area contributed by atoms with Gasteiger partial charge in [-0.05, 0) is 42.8 Å². The molecule has 2 aromatic rings. The molecule has 0 aliphatic rings. The van der Waals surface area contributed by atoms with Crippen LogP contribution < -0.4 is 10.3 Å². The van der Waals surface area contributed by atoms with E-state index in [1.807, 2.05) is 0 Å². The first-order chi connectivity index (χ1) is 10.5. The average Bonchev–Trinajstić information content (AvgIpc) is 2.50. The molecule has 3 nitrogen and oxygen atoms in total. The second kappa shape index (κ2) is 7.02. The zero-order chi connectivity index (χ0) is 16.1. The standard InChI is InChI=1S/C17H17F2NO2/c1-3-10-22-14-7-5-13(6-8-14)15-9-4-12(2)17(21)20(15)11-16(18)19/h3-9,16H,1,10-11H2,2H3. The molecule has 116 valence electrons. The van der Waals surface area contributed by atoms with Gasteiger partial charge in [-0.15, -0.1) is 0 Å². The number of hydrogen-bond donors (Lipinski definition) is 0. The van der Waals surface area contributed by atoms with Crippen LogP contribution in [0.15, 0.2) is 53.8 Å². The van der Waals surface area contributed by atoms with Crippen LogP contribution in [0.2, 0.25) is 0 Å². The van der Waals surface area contributed by atoms with Gasteiger partial charge in [-0.25, -0.2) is 8.78 Å². The molecule has 0 atom stereocenters. The normalized spacial score (nSPS) is 10.7. The number of aryl methyl sites for hydroxylation is 1. The second-order valence-corrected chi connectivity index (χ2v) is 4.83. The lowest BCUT2D eigenvalue weighted by Gasteiger charge is -2.14. The van der Waals surface area contributed by atoms with Crippen LogP contribution in [0.1, 0.15) is 5.56 Å². The number of pyridine rings is 1. The van der Waals surface area contributed by atoms with E-state index in [4.69, 9.17) is 4.74 Å². The summed E-state index contributed by atoms with van der Waals surface area (Å²) in [6.45, 7) is 4.94. The minimum atomic E-state index is -2.59. The largest absolute Gasteiger partial charge is 0.490 e. The van der Waals surface area contributed by atoms with E-state index in [0.29, 0.717) is 29.2 Å². The highest BCUT2D eigenvalue weighted by molar-refractivity contribution is 5.61. The van der Waals surface area contributed by atoms with Crippen LogP contribution in [0.3, 0.4) is 0 Å². The van der Waals surface area contributed by atoms with Crippen molar-refractivity contribution in [3.63, 3.8) is 0 Å². The van der Waals surface area contributed by atoms with Gasteiger partial charge in [-0.1, -0.05) is 18.7 Å². The van der Waals surface area contributed by atoms with E-state index in [1.54, 1.807) is 49.4 Å². The van der Waals surface area contributed by atoms with Crippen molar-refractivity contribution < 1.29 is 13.5 Å². The van der Waals surface area contributed by atoms with Crippen molar-refractivity contribution in [2.45, 2.75) is 19.9 Å². The van der Waals surface area contributed by atoms with E-state index in [2.05, 4.69) is 6.58 Å². The van der Waals surface area contributed by atoms with Gasteiger partial charge in [0.1, 0.15) is 12.4 Å². The minimum absolute atomic E-state index is 0.389. The summed E-state index contributed by atoms with van der Waals surface area (Å²) in [5, 5.41) is 0. The predicted molar refractivity (Wildman–Crippen MR) is 82.6 cm³/mol. The third-order valence-corrected chi connectivity index (χ3v) is 3.20. The quantitative estimate of drug-likeness (QED) is 0.763. The SMILES string of the molecule is C=CCOc1ccc(-c2ccc(C)c(=O)n2CC(F)F)cc1. The summed E-state index contributed by atoms with van der Waals surface area (Å²) in [5.74, 6) is 0.651. The minimum Gasteiger partial charge on any atom is -0.490 e. The fourth-order valence-electron chi connectivity index (χ4n) is 2.14. The lowest BCUT2D eigenvalue weighted by atomic mass is 10.1. The molecule has 0 aliphatic carbocycles. The average molecular weight is 305 g/mol. The molecule has 0 fully saturated rings. The fourth-order valence-corrected chi connectivity index (χ4v) is 2.14. The van der Waals surface area contributed by atoms with Crippen LogP contribution in [-0.4, -0.2) is 17.6 Å². The molecule has 0 saturated carbocycles. The summed E-state index contributed by atoms with van der Waals surface area (Å²) in [7, 11) is 0. The molecule has 5 heteroatoms. The van der Waals surface area contributed by atoms with Gasteiger partial charge in [-0.3, -0.25) is 4.79 Å². The van der Waals surface area contributed by atoms with E-state index in [0.717, 1.165) is 4.57 Å². The molecule has 2 rings (SSSR count). The van der Waals surface area contributed by atoms with E-state index < -0.39 is 18.5 Å². The van der Waals surface area contributed by atoms with Crippen molar-refractivity contribution in [1.82, 2.24) is 4.57 Å². The Balaban J connectivity index is 2.41. The number of alkyl halides is 2. The summed E-state index contributed by atoms with van der Waals surface area (Å²) in [6.07, 6.45) is -0.956. The zero-order valence-electron chi connectivity index (χ0n) is 12.3. The molecule has 0 bridgehead atoms. The van der Waals surface area contributed by atoms with Crippen LogP contribution in [0, 0.1) is 6.92 Å². The molecule has 0 amide bonds. The summed E-state index contributed by atoms with van der Waals surface area (Å²) in [5.41, 5.74) is 1.19. The molecule has 0 saturated heterocycles. The van der Waals surface area contributed by atoms with Gasteiger partial charge >= 0.3 is 0 Å². The number of halogens is 2. The Morgan fingerprint density at radius 3 is 2.50 bits per heavy atom. The third-order valence-electron chi connectivity index (χ3n) is 3.20. The van der Waals surface area contributed by atoms with Crippen LogP contribution in [0.25, 0.3) is 11.3 Å². The molecule has 0 radical (unpaired) electrons. The maximum atomic E-state index is 12.7. The molecule has 1 heterocycles. The van der Waals surface area contributed by atoms with Crippen molar-refractivity contribution in [1.29, 1.82) is 0 Å². The number of benzene rings is 1. The van der Waals surface area contributed by atoms with Crippen molar-refractivity contribution in [2.75, 3.05) is 6.61 Å². The third kappa shape index (κ3) is 3.61. The van der Waals surface area contributed by atoms with E-state index in [-0.39, 0.29) is 0 Å². The Hall–Kier alpha value is -2.43. The van der Waals surface area contributed by atoms with Crippen molar-refractivity contribution in [3.8, 4) is 17.0 Å². The smallest absolute Gasteiger partial charge is 0.256 e. The fraction of sp³-hybridized carbons (Fsp3) is 0.235. The maximum Gasteiger partial charge on any atom is 0.256 e. The number of aromatic nitrogens is 1. The van der Waals surface area contributed by atoms with Gasteiger partial charge in [0.2, 0.25) is 0 Å². The van der Waals surface area contributed by atoms with E-state index in [9.17, 15) is 13.6 Å². The predicted octanol–water partition coefficient (Wildman–Crippen LogP) is 3.65. The number of ether oxygens (including phenoxy) is 1. The van der Waals surface area contributed by atoms with Crippen LogP contribution >= 0.6 is 0 Å². The van der Waals surface area contributed by atoms with Crippen LogP contribution in [-0.2, 0) is 6.54 Å². The molecular weight excluding hydrogens is 288 g/mol. The van der Waals surface area contributed by atoms with Crippen molar-refractivity contribution in [3.05, 3.63) is 65.0 Å². The van der Waals surface area contributed by atoms with E-state index in [1.165, 1.54) is 0 Å². The highest BCUT2D eigenvalue weighted by Gasteiger charge is 2.13. The lowest BCUT2D eigenvalue weighted by molar-refractivity contribution is 0.126. The van der Waals surface area contributed by atoms with Crippen molar-refractivity contribution in [2.24, 2.45) is 0 Å². The van der Waals surface area contributed by atoms with Gasteiger partial charge in [0.05, 0.1) is 12.2 Å². The highest BCUT2D eigenvalue weighted by atomic mass is 19.3. The molecule has 0 aliphatic heterocycles. The second-order valence-electron chi connectivity index (χ2n) is 4.83. The van der Waals surface area contributed by atoms with Crippen LogP contribution in [0.4, 0.5) is 8.78 Å². The molecule has 1 aromatic heterocycles. The van der Waals surface area contributed by atoms with Gasteiger partial charge in [0.15, 0.2) is 0 Å². The summed E-state index contributed by atoms with van der Waals surface area (Å²) < 4.78 is 32.0. The van der Waals surface area contributed by atoms with Gasteiger partial charge < -0.3 is 9.30 Å². The maximum absolute atomic E-state index is 12.7. The first-order valence-corrected chi connectivity index (χ1v) is 6.85.